The first-order valence-corrected chi connectivity index (χ1v) is 7.48. The first-order chi connectivity index (χ1) is 9.13. The van der Waals surface area contributed by atoms with Gasteiger partial charge in [0.25, 0.3) is 0 Å². The fraction of sp³-hybridized carbons (Fsp3) is 0.600. The van der Waals surface area contributed by atoms with E-state index in [1.807, 2.05) is 20.8 Å². The van der Waals surface area contributed by atoms with Crippen molar-refractivity contribution >= 4 is 11.8 Å². The van der Waals surface area contributed by atoms with Gasteiger partial charge in [0, 0.05) is 10.5 Å². The number of halogens is 3. The maximum atomic E-state index is 12.5. The molecule has 0 aliphatic carbocycles. The maximum Gasteiger partial charge on any atom is 0.446 e. The quantitative estimate of drug-likeness (QED) is 0.504. The lowest BCUT2D eigenvalue weighted by Crippen LogP contribution is -2.14. The second-order valence-electron chi connectivity index (χ2n) is 5.66. The molecule has 1 aromatic carbocycles. The van der Waals surface area contributed by atoms with E-state index < -0.39 is 5.51 Å². The van der Waals surface area contributed by atoms with Gasteiger partial charge in [-0.1, -0.05) is 34.1 Å². The summed E-state index contributed by atoms with van der Waals surface area (Å²) in [5.74, 6) is 0.678. The van der Waals surface area contributed by atoms with E-state index in [2.05, 4.69) is 6.92 Å². The van der Waals surface area contributed by atoms with E-state index >= 15 is 0 Å². The Balaban J connectivity index is 3.01. The van der Waals surface area contributed by atoms with E-state index in [0.29, 0.717) is 12.4 Å². The molecule has 1 aromatic rings. The first kappa shape index (κ1) is 17.2. The normalized spacial score (nSPS) is 12.6. The van der Waals surface area contributed by atoms with E-state index in [1.54, 1.807) is 12.1 Å². The summed E-state index contributed by atoms with van der Waals surface area (Å²) in [5, 5.41) is 0. The number of rotatable bonds is 5. The van der Waals surface area contributed by atoms with E-state index in [1.165, 1.54) is 6.07 Å². The van der Waals surface area contributed by atoms with Crippen LogP contribution in [0.2, 0.25) is 0 Å². The number of alkyl halides is 3. The van der Waals surface area contributed by atoms with Crippen LogP contribution in [-0.4, -0.2) is 12.1 Å². The molecule has 0 N–H and O–H groups in total. The van der Waals surface area contributed by atoms with Gasteiger partial charge in [-0.3, -0.25) is 0 Å². The highest BCUT2D eigenvalue weighted by Gasteiger charge is 2.30. The minimum absolute atomic E-state index is 0.0875. The zero-order valence-electron chi connectivity index (χ0n) is 12.3. The molecular formula is C15H21F3OS. The Labute approximate surface area is 122 Å². The molecule has 0 aliphatic heterocycles. The topological polar surface area (TPSA) is 9.23 Å². The van der Waals surface area contributed by atoms with Crippen LogP contribution >= 0.6 is 11.8 Å². The Morgan fingerprint density at radius 1 is 1.15 bits per heavy atom. The van der Waals surface area contributed by atoms with Crippen molar-refractivity contribution < 1.29 is 17.9 Å². The Hall–Kier alpha value is -0.840. The number of hydrogen-bond acceptors (Lipinski definition) is 2. The molecule has 0 heterocycles. The van der Waals surface area contributed by atoms with Crippen molar-refractivity contribution in [2.45, 2.75) is 56.4 Å². The standard InChI is InChI=1S/C15H21F3OS/c1-5-6-9-19-13-8-7-11(20-15(16,17)18)10-12(13)14(2,3)4/h7-8,10H,5-6,9H2,1-4H3. The molecule has 0 saturated carbocycles. The highest BCUT2D eigenvalue weighted by atomic mass is 32.2. The zero-order chi connectivity index (χ0) is 15.4. The molecule has 0 amide bonds. The molecule has 114 valence electrons. The van der Waals surface area contributed by atoms with Crippen LogP contribution in [0.5, 0.6) is 5.75 Å². The van der Waals surface area contributed by atoms with Gasteiger partial charge in [-0.25, -0.2) is 0 Å². The van der Waals surface area contributed by atoms with Gasteiger partial charge in [-0.05, 0) is 41.8 Å². The van der Waals surface area contributed by atoms with Gasteiger partial charge < -0.3 is 4.74 Å². The Kier molecular flexibility index (Phi) is 5.80. The molecule has 0 saturated heterocycles. The largest absolute Gasteiger partial charge is 0.493 e. The number of thioether (sulfide) groups is 1. The monoisotopic (exact) mass is 306 g/mol. The summed E-state index contributed by atoms with van der Waals surface area (Å²) < 4.78 is 43.0. The van der Waals surface area contributed by atoms with Crippen LogP contribution in [0.15, 0.2) is 23.1 Å². The summed E-state index contributed by atoms with van der Waals surface area (Å²) in [5.41, 5.74) is -3.72. The Bertz CT molecular complexity index is 436. The summed E-state index contributed by atoms with van der Waals surface area (Å²) in [7, 11) is 0. The van der Waals surface area contributed by atoms with E-state index in [9.17, 15) is 13.2 Å². The van der Waals surface area contributed by atoms with Crippen LogP contribution in [0.25, 0.3) is 0 Å². The summed E-state index contributed by atoms with van der Waals surface area (Å²) in [4.78, 5) is 0.199. The lowest BCUT2D eigenvalue weighted by Gasteiger charge is -2.24. The van der Waals surface area contributed by atoms with Gasteiger partial charge >= 0.3 is 5.51 Å². The highest BCUT2D eigenvalue weighted by Crippen LogP contribution is 2.41. The van der Waals surface area contributed by atoms with Gasteiger partial charge in [0.2, 0.25) is 0 Å². The smallest absolute Gasteiger partial charge is 0.446 e. The SMILES string of the molecule is CCCCOc1ccc(SC(F)(F)F)cc1C(C)(C)C. The van der Waals surface area contributed by atoms with Crippen molar-refractivity contribution in [3.05, 3.63) is 23.8 Å². The molecule has 0 radical (unpaired) electrons. The predicted molar refractivity (Wildman–Crippen MR) is 77.5 cm³/mol. The van der Waals surface area contributed by atoms with E-state index in [0.717, 1.165) is 18.4 Å². The average molecular weight is 306 g/mol. The summed E-state index contributed by atoms with van der Waals surface area (Å²) in [6, 6.07) is 4.69. The van der Waals surface area contributed by atoms with Crippen LogP contribution in [-0.2, 0) is 5.41 Å². The van der Waals surface area contributed by atoms with Crippen molar-refractivity contribution in [3.63, 3.8) is 0 Å². The molecule has 0 spiro atoms. The first-order valence-electron chi connectivity index (χ1n) is 6.66. The van der Waals surface area contributed by atoms with Crippen molar-refractivity contribution in [2.75, 3.05) is 6.61 Å². The van der Waals surface area contributed by atoms with Crippen molar-refractivity contribution in [3.8, 4) is 5.75 Å². The molecule has 0 aromatic heterocycles. The summed E-state index contributed by atoms with van der Waals surface area (Å²) in [6.45, 7) is 8.56. The average Bonchev–Trinajstić information content (AvgIpc) is 2.27. The van der Waals surface area contributed by atoms with Crippen LogP contribution in [0.3, 0.4) is 0 Å². The van der Waals surface area contributed by atoms with Crippen molar-refractivity contribution in [2.24, 2.45) is 0 Å². The second-order valence-corrected chi connectivity index (χ2v) is 6.80. The molecule has 1 nitrogen and oxygen atoms in total. The third-order valence-electron chi connectivity index (χ3n) is 2.75. The second kappa shape index (κ2) is 6.74. The Morgan fingerprint density at radius 2 is 1.80 bits per heavy atom. The van der Waals surface area contributed by atoms with Gasteiger partial charge in [0.15, 0.2) is 0 Å². The third-order valence-corrected chi connectivity index (χ3v) is 3.47. The lowest BCUT2D eigenvalue weighted by atomic mass is 9.86. The molecule has 0 atom stereocenters. The van der Waals surface area contributed by atoms with Gasteiger partial charge in [-0.15, -0.1) is 0 Å². The number of benzene rings is 1. The van der Waals surface area contributed by atoms with Gasteiger partial charge in [0.1, 0.15) is 5.75 Å². The summed E-state index contributed by atoms with van der Waals surface area (Å²) >= 11 is -0.0875. The molecule has 0 fully saturated rings. The lowest BCUT2D eigenvalue weighted by molar-refractivity contribution is -0.0328. The van der Waals surface area contributed by atoms with Crippen LogP contribution in [0.4, 0.5) is 13.2 Å². The molecule has 0 aliphatic rings. The van der Waals surface area contributed by atoms with Crippen LogP contribution in [0.1, 0.15) is 46.1 Å². The molecule has 5 heteroatoms. The van der Waals surface area contributed by atoms with Gasteiger partial charge in [0.05, 0.1) is 6.61 Å². The number of unbranched alkanes of at least 4 members (excludes halogenated alkanes) is 1. The zero-order valence-corrected chi connectivity index (χ0v) is 13.1. The van der Waals surface area contributed by atoms with Crippen LogP contribution < -0.4 is 4.74 Å². The minimum atomic E-state index is -4.26. The molecule has 0 unspecified atom stereocenters. The minimum Gasteiger partial charge on any atom is -0.493 e. The maximum absolute atomic E-state index is 12.5. The molecule has 0 bridgehead atoms. The summed E-state index contributed by atoms with van der Waals surface area (Å²) in [6.07, 6.45) is 1.95. The molecule has 1 rings (SSSR count). The molecular weight excluding hydrogens is 285 g/mol. The third kappa shape index (κ3) is 5.65. The van der Waals surface area contributed by atoms with Gasteiger partial charge in [-0.2, -0.15) is 13.2 Å². The number of hydrogen-bond donors (Lipinski definition) is 0. The number of ether oxygens (including phenoxy) is 1. The highest BCUT2D eigenvalue weighted by molar-refractivity contribution is 8.00. The predicted octanol–water partition coefficient (Wildman–Crippen LogP) is 5.77. The van der Waals surface area contributed by atoms with E-state index in [4.69, 9.17) is 4.74 Å². The molecule has 20 heavy (non-hydrogen) atoms. The Morgan fingerprint density at radius 3 is 2.30 bits per heavy atom. The van der Waals surface area contributed by atoms with Crippen molar-refractivity contribution in [1.82, 2.24) is 0 Å². The van der Waals surface area contributed by atoms with E-state index in [-0.39, 0.29) is 22.1 Å². The fourth-order valence-corrected chi connectivity index (χ4v) is 2.32. The van der Waals surface area contributed by atoms with Crippen molar-refractivity contribution in [1.29, 1.82) is 0 Å². The fourth-order valence-electron chi connectivity index (χ4n) is 1.74. The van der Waals surface area contributed by atoms with Crippen LogP contribution in [0, 0.1) is 0 Å².